The van der Waals surface area contributed by atoms with Gasteiger partial charge in [-0.1, -0.05) is 0 Å². The summed E-state index contributed by atoms with van der Waals surface area (Å²) in [5.74, 6) is -0.194. The van der Waals surface area contributed by atoms with Gasteiger partial charge in [-0.3, -0.25) is 4.21 Å². The van der Waals surface area contributed by atoms with Gasteiger partial charge < -0.3 is 14.4 Å². The Labute approximate surface area is 187 Å². The second kappa shape index (κ2) is 9.19. The van der Waals surface area contributed by atoms with Crippen molar-refractivity contribution in [3.63, 3.8) is 0 Å². The van der Waals surface area contributed by atoms with Crippen molar-refractivity contribution in [1.29, 1.82) is 0 Å². The van der Waals surface area contributed by atoms with Gasteiger partial charge in [-0.05, 0) is 32.0 Å². The molecule has 1 fully saturated rings. The van der Waals surface area contributed by atoms with Crippen LogP contribution in [0.3, 0.4) is 0 Å². The van der Waals surface area contributed by atoms with Crippen molar-refractivity contribution in [3.05, 3.63) is 36.5 Å². The molecule has 0 N–H and O–H groups in total. The molecule has 1 amide bonds. The highest BCUT2D eigenvalue weighted by molar-refractivity contribution is 7.84. The third-order valence-corrected chi connectivity index (χ3v) is 6.04. The summed E-state index contributed by atoms with van der Waals surface area (Å²) in [5.41, 5.74) is 0.591. The van der Waals surface area contributed by atoms with E-state index in [2.05, 4.69) is 15.1 Å². The van der Waals surface area contributed by atoms with Crippen molar-refractivity contribution < 1.29 is 22.9 Å². The first-order valence-electron chi connectivity index (χ1n) is 10.3. The fourth-order valence-electron chi connectivity index (χ4n) is 3.52. The summed E-state index contributed by atoms with van der Waals surface area (Å²) in [7, 11) is -1.29. The Morgan fingerprint density at radius 1 is 1.25 bits per heavy atom. The van der Waals surface area contributed by atoms with Gasteiger partial charge in [-0.15, -0.1) is 0 Å². The van der Waals surface area contributed by atoms with Crippen molar-refractivity contribution in [3.8, 4) is 11.6 Å². The molecule has 0 aliphatic carbocycles. The SMILES string of the molecule is CC(C)OC(=O)N1CCC(Oc2ncnc3c2cnn3-c2ccc(S(C)=O)cc2F)CC1. The van der Waals surface area contributed by atoms with Crippen LogP contribution in [0.5, 0.6) is 5.88 Å². The molecule has 3 heterocycles. The summed E-state index contributed by atoms with van der Waals surface area (Å²) in [6.07, 6.45) is 5.04. The molecule has 3 aromatic rings. The predicted molar refractivity (Wildman–Crippen MR) is 116 cm³/mol. The van der Waals surface area contributed by atoms with Crippen LogP contribution >= 0.6 is 0 Å². The molecular weight excluding hydrogens is 437 g/mol. The maximum Gasteiger partial charge on any atom is 0.410 e. The number of rotatable bonds is 5. The van der Waals surface area contributed by atoms with Gasteiger partial charge in [0.05, 0.1) is 12.3 Å². The predicted octanol–water partition coefficient (Wildman–Crippen LogP) is 3.08. The molecule has 9 nitrogen and oxygen atoms in total. The van der Waals surface area contributed by atoms with E-state index in [4.69, 9.17) is 9.47 Å². The molecule has 1 saturated heterocycles. The highest BCUT2D eigenvalue weighted by atomic mass is 32.2. The number of fused-ring (bicyclic) bond motifs is 1. The first-order chi connectivity index (χ1) is 15.3. The Morgan fingerprint density at radius 2 is 2.00 bits per heavy atom. The Kier molecular flexibility index (Phi) is 6.35. The lowest BCUT2D eigenvalue weighted by Gasteiger charge is -2.31. The highest BCUT2D eigenvalue weighted by Crippen LogP contribution is 2.27. The zero-order valence-electron chi connectivity index (χ0n) is 18.0. The summed E-state index contributed by atoms with van der Waals surface area (Å²) in [6, 6.07) is 4.35. The molecular formula is C21H24FN5O4S. The number of carbonyl (C=O) groups is 1. The number of nitrogens with zero attached hydrogens (tertiary/aromatic N) is 5. The van der Waals surface area contributed by atoms with E-state index in [0.29, 0.717) is 47.7 Å². The van der Waals surface area contributed by atoms with Crippen molar-refractivity contribution >= 4 is 27.9 Å². The Bertz CT molecular complexity index is 1160. The third kappa shape index (κ3) is 4.57. The number of ether oxygens (including phenoxy) is 2. The van der Waals surface area contributed by atoms with Crippen molar-refractivity contribution in [2.75, 3.05) is 19.3 Å². The van der Waals surface area contributed by atoms with E-state index in [1.54, 1.807) is 11.0 Å². The normalized spacial score (nSPS) is 15.8. The van der Waals surface area contributed by atoms with E-state index >= 15 is 0 Å². The van der Waals surface area contributed by atoms with Gasteiger partial charge in [0.2, 0.25) is 5.88 Å². The molecule has 1 aliphatic rings. The number of piperidine rings is 1. The van der Waals surface area contributed by atoms with Gasteiger partial charge in [0, 0.05) is 47.9 Å². The molecule has 1 atom stereocenters. The van der Waals surface area contributed by atoms with Gasteiger partial charge in [0.25, 0.3) is 0 Å². The van der Waals surface area contributed by atoms with Crippen LogP contribution in [0, 0.1) is 5.82 Å². The smallest absolute Gasteiger partial charge is 0.410 e. The number of amides is 1. The van der Waals surface area contributed by atoms with Gasteiger partial charge in [0.1, 0.15) is 29.3 Å². The standard InChI is InChI=1S/C21H24FN5O4S/c1-13(2)30-21(28)26-8-6-14(7-9-26)31-20-16-11-25-27(19(16)23-12-24-20)18-5-4-15(32(3)29)10-17(18)22/h4-5,10-14H,6-9H2,1-3H3. The molecule has 170 valence electrons. The summed E-state index contributed by atoms with van der Waals surface area (Å²) in [5, 5.41) is 4.82. The van der Waals surface area contributed by atoms with Crippen LogP contribution in [0.4, 0.5) is 9.18 Å². The fourth-order valence-corrected chi connectivity index (χ4v) is 4.05. The zero-order valence-corrected chi connectivity index (χ0v) is 18.8. The van der Waals surface area contributed by atoms with Crippen LogP contribution in [-0.4, -0.2) is 66.5 Å². The number of hydrogen-bond donors (Lipinski definition) is 0. The Hall–Kier alpha value is -3.08. The van der Waals surface area contributed by atoms with Crippen molar-refractivity contribution in [2.24, 2.45) is 0 Å². The molecule has 1 unspecified atom stereocenters. The Morgan fingerprint density at radius 3 is 2.66 bits per heavy atom. The van der Waals surface area contributed by atoms with E-state index in [0.717, 1.165) is 0 Å². The van der Waals surface area contributed by atoms with E-state index in [1.807, 2.05) is 13.8 Å². The van der Waals surface area contributed by atoms with Crippen molar-refractivity contribution in [2.45, 2.75) is 43.8 Å². The summed E-state index contributed by atoms with van der Waals surface area (Å²) >= 11 is 0. The first kappa shape index (κ1) is 22.1. The van der Waals surface area contributed by atoms with Crippen LogP contribution < -0.4 is 4.74 Å². The summed E-state index contributed by atoms with van der Waals surface area (Å²) in [6.45, 7) is 4.69. The number of carbonyl (C=O) groups excluding carboxylic acids is 1. The van der Waals surface area contributed by atoms with Gasteiger partial charge in [-0.2, -0.15) is 5.10 Å². The molecule has 2 aromatic heterocycles. The number of benzene rings is 1. The van der Waals surface area contributed by atoms with Crippen LogP contribution in [-0.2, 0) is 15.5 Å². The van der Waals surface area contributed by atoms with Crippen molar-refractivity contribution in [1.82, 2.24) is 24.6 Å². The summed E-state index contributed by atoms with van der Waals surface area (Å²) < 4.78 is 38.9. The van der Waals surface area contributed by atoms with E-state index in [9.17, 15) is 13.4 Å². The lowest BCUT2D eigenvalue weighted by molar-refractivity contribution is 0.0511. The molecule has 0 radical (unpaired) electrons. The maximum atomic E-state index is 14.6. The second-order valence-corrected chi connectivity index (χ2v) is 9.16. The largest absolute Gasteiger partial charge is 0.474 e. The number of halogens is 1. The third-order valence-electron chi connectivity index (χ3n) is 5.12. The molecule has 0 spiro atoms. The minimum absolute atomic E-state index is 0.130. The van der Waals surface area contributed by atoms with E-state index in [-0.39, 0.29) is 24.0 Å². The fraction of sp³-hybridized carbons (Fsp3) is 0.429. The molecule has 4 rings (SSSR count). The molecule has 0 bridgehead atoms. The van der Waals surface area contributed by atoms with Gasteiger partial charge >= 0.3 is 6.09 Å². The number of hydrogen-bond acceptors (Lipinski definition) is 7. The van der Waals surface area contributed by atoms with Gasteiger partial charge in [-0.25, -0.2) is 23.8 Å². The molecule has 1 aliphatic heterocycles. The molecule has 0 saturated carbocycles. The topological polar surface area (TPSA) is 99.4 Å². The number of likely N-dealkylation sites (tertiary alicyclic amines) is 1. The van der Waals surface area contributed by atoms with Crippen LogP contribution in [0.1, 0.15) is 26.7 Å². The molecule has 1 aromatic carbocycles. The Balaban J connectivity index is 1.51. The van der Waals surface area contributed by atoms with Crippen LogP contribution in [0.25, 0.3) is 16.7 Å². The zero-order chi connectivity index (χ0) is 22.8. The summed E-state index contributed by atoms with van der Waals surface area (Å²) in [4.78, 5) is 22.6. The minimum atomic E-state index is -1.29. The molecule has 11 heteroatoms. The lowest BCUT2D eigenvalue weighted by atomic mass is 10.1. The minimum Gasteiger partial charge on any atom is -0.474 e. The second-order valence-electron chi connectivity index (χ2n) is 7.78. The van der Waals surface area contributed by atoms with Crippen LogP contribution in [0.15, 0.2) is 35.6 Å². The lowest BCUT2D eigenvalue weighted by Crippen LogP contribution is -2.42. The highest BCUT2D eigenvalue weighted by Gasteiger charge is 2.26. The van der Waals surface area contributed by atoms with Crippen LogP contribution in [0.2, 0.25) is 0 Å². The first-order valence-corrected chi connectivity index (χ1v) is 11.8. The monoisotopic (exact) mass is 461 g/mol. The average Bonchev–Trinajstić information content (AvgIpc) is 3.18. The van der Waals surface area contributed by atoms with E-state index < -0.39 is 16.6 Å². The number of aromatic nitrogens is 4. The quantitative estimate of drug-likeness (QED) is 0.576. The molecule has 32 heavy (non-hydrogen) atoms. The average molecular weight is 462 g/mol. The van der Waals surface area contributed by atoms with Gasteiger partial charge in [0.15, 0.2) is 5.65 Å². The van der Waals surface area contributed by atoms with E-state index in [1.165, 1.54) is 35.6 Å². The maximum absolute atomic E-state index is 14.6.